The maximum Gasteiger partial charge on any atom is 0.300 e. The molecule has 1 saturated heterocycles. The van der Waals surface area contributed by atoms with Gasteiger partial charge in [0.15, 0.2) is 0 Å². The molecule has 1 atom stereocenters. The first kappa shape index (κ1) is 24.0. The minimum atomic E-state index is -1.09. The predicted molar refractivity (Wildman–Crippen MR) is 128 cm³/mol. The van der Waals surface area contributed by atoms with Crippen molar-refractivity contribution in [1.82, 2.24) is 0 Å². The molecule has 2 aromatic carbocycles. The Morgan fingerprint density at radius 3 is 2.14 bits per heavy atom. The van der Waals surface area contributed by atoms with E-state index in [9.17, 15) is 14.7 Å². The Labute approximate surface area is 206 Å². The number of hydrogen-bond donors (Lipinski definition) is 1. The van der Waals surface area contributed by atoms with Crippen LogP contribution in [0.3, 0.4) is 0 Å². The predicted octanol–water partition coefficient (Wildman–Crippen LogP) is 4.59. The van der Waals surface area contributed by atoms with Crippen molar-refractivity contribution in [2.24, 2.45) is 0 Å². The van der Waals surface area contributed by atoms with Crippen molar-refractivity contribution in [3.05, 3.63) is 70.6 Å². The molecule has 0 spiro atoms. The first-order valence-electron chi connectivity index (χ1n) is 10.3. The summed E-state index contributed by atoms with van der Waals surface area (Å²) in [7, 11) is 5.77. The molecular weight excluding hydrogens is 478 g/mol. The molecule has 182 valence electrons. The number of Topliss-reactive ketones (excluding diaryl/α,β-unsaturated/α-hetero) is 1. The van der Waals surface area contributed by atoms with E-state index in [-0.39, 0.29) is 27.7 Å². The van der Waals surface area contributed by atoms with Gasteiger partial charge in [0, 0.05) is 24.3 Å². The van der Waals surface area contributed by atoms with Crippen molar-refractivity contribution < 1.29 is 38.1 Å². The molecule has 35 heavy (non-hydrogen) atoms. The Hall–Kier alpha value is -4.11. The molecule has 0 saturated carbocycles. The largest absolute Gasteiger partial charge is 0.507 e. The summed E-state index contributed by atoms with van der Waals surface area (Å²) in [6.45, 7) is 0. The van der Waals surface area contributed by atoms with Gasteiger partial charge in [-0.1, -0.05) is 11.6 Å². The molecule has 4 rings (SSSR count). The zero-order valence-electron chi connectivity index (χ0n) is 19.3. The number of aliphatic hydroxyl groups is 1. The first-order valence-corrected chi connectivity index (χ1v) is 10.7. The van der Waals surface area contributed by atoms with Gasteiger partial charge >= 0.3 is 0 Å². The molecule has 10 heteroatoms. The zero-order valence-corrected chi connectivity index (χ0v) is 20.1. The van der Waals surface area contributed by atoms with Crippen molar-refractivity contribution in [2.75, 3.05) is 33.3 Å². The number of furan rings is 1. The molecule has 1 aromatic heterocycles. The second-order valence-corrected chi connectivity index (χ2v) is 7.85. The molecule has 0 radical (unpaired) electrons. The molecule has 1 amide bonds. The summed E-state index contributed by atoms with van der Waals surface area (Å²) >= 11 is 6.28. The third kappa shape index (κ3) is 4.15. The van der Waals surface area contributed by atoms with Crippen LogP contribution in [-0.4, -0.2) is 45.2 Å². The SMILES string of the molecule is COc1cc(OC)cc(N2C(=O)C(=O)/C(=C(\O)c3cc(Cl)c(OC)cc3OC)C2c2ccco2)c1. The van der Waals surface area contributed by atoms with E-state index in [2.05, 4.69) is 0 Å². The molecule has 1 fully saturated rings. The molecule has 0 bridgehead atoms. The van der Waals surface area contributed by atoms with Crippen LogP contribution >= 0.6 is 11.6 Å². The van der Waals surface area contributed by atoms with Gasteiger partial charge in [-0.3, -0.25) is 14.5 Å². The van der Waals surface area contributed by atoms with E-state index in [1.807, 2.05) is 0 Å². The summed E-state index contributed by atoms with van der Waals surface area (Å²) in [5, 5.41) is 11.5. The maximum atomic E-state index is 13.3. The average Bonchev–Trinajstić information content (AvgIpc) is 3.49. The highest BCUT2D eigenvalue weighted by Gasteiger charge is 2.48. The second kappa shape index (κ2) is 9.63. The van der Waals surface area contributed by atoms with E-state index in [0.717, 1.165) is 0 Å². The number of nitrogens with zero attached hydrogens (tertiary/aromatic N) is 1. The maximum absolute atomic E-state index is 13.3. The Morgan fingerprint density at radius 2 is 1.60 bits per heavy atom. The van der Waals surface area contributed by atoms with Crippen molar-refractivity contribution in [3.63, 3.8) is 0 Å². The monoisotopic (exact) mass is 499 g/mol. The van der Waals surface area contributed by atoms with Gasteiger partial charge in [-0.25, -0.2) is 0 Å². The smallest absolute Gasteiger partial charge is 0.300 e. The van der Waals surface area contributed by atoms with Gasteiger partial charge in [-0.2, -0.15) is 0 Å². The molecule has 1 unspecified atom stereocenters. The molecule has 1 aliphatic rings. The van der Waals surface area contributed by atoms with Gasteiger partial charge in [0.1, 0.15) is 40.6 Å². The van der Waals surface area contributed by atoms with E-state index >= 15 is 0 Å². The van der Waals surface area contributed by atoms with Crippen LogP contribution in [0.5, 0.6) is 23.0 Å². The lowest BCUT2D eigenvalue weighted by atomic mass is 9.98. The highest BCUT2D eigenvalue weighted by Crippen LogP contribution is 2.46. The van der Waals surface area contributed by atoms with Crippen molar-refractivity contribution in [2.45, 2.75) is 6.04 Å². The third-order valence-corrected chi connectivity index (χ3v) is 5.90. The average molecular weight is 500 g/mol. The summed E-state index contributed by atoms with van der Waals surface area (Å²) in [4.78, 5) is 27.8. The topological polar surface area (TPSA) is 108 Å². The highest BCUT2D eigenvalue weighted by atomic mass is 35.5. The molecule has 9 nitrogen and oxygen atoms in total. The Morgan fingerprint density at radius 1 is 0.943 bits per heavy atom. The number of rotatable bonds is 7. The van der Waals surface area contributed by atoms with Crippen LogP contribution in [0.15, 0.2) is 58.7 Å². The number of hydrogen-bond acceptors (Lipinski definition) is 8. The van der Waals surface area contributed by atoms with Crippen LogP contribution in [0.1, 0.15) is 17.4 Å². The number of ketones is 1. The summed E-state index contributed by atoms with van der Waals surface area (Å²) in [5.74, 6) is -0.704. The fourth-order valence-corrected chi connectivity index (χ4v) is 4.18. The number of aliphatic hydroxyl groups excluding tert-OH is 1. The minimum absolute atomic E-state index is 0.107. The fraction of sp³-hybridized carbons (Fsp3) is 0.200. The van der Waals surface area contributed by atoms with Crippen LogP contribution in [0.4, 0.5) is 5.69 Å². The van der Waals surface area contributed by atoms with Crippen LogP contribution in [0.2, 0.25) is 5.02 Å². The Kier molecular flexibility index (Phi) is 6.61. The van der Waals surface area contributed by atoms with Crippen LogP contribution < -0.4 is 23.8 Å². The number of carbonyl (C=O) groups excluding carboxylic acids is 2. The number of methoxy groups -OCH3 is 4. The highest BCUT2D eigenvalue weighted by molar-refractivity contribution is 6.51. The number of anilines is 1. The first-order chi connectivity index (χ1) is 16.8. The van der Waals surface area contributed by atoms with Gasteiger partial charge < -0.3 is 28.5 Å². The summed E-state index contributed by atoms with van der Waals surface area (Å²) in [6, 6.07) is 9.79. The number of ether oxygens (including phenoxy) is 4. The fourth-order valence-electron chi connectivity index (χ4n) is 3.94. The van der Waals surface area contributed by atoms with Crippen molar-refractivity contribution >= 4 is 34.7 Å². The third-order valence-electron chi connectivity index (χ3n) is 5.60. The lowest BCUT2D eigenvalue weighted by Crippen LogP contribution is -2.29. The lowest BCUT2D eigenvalue weighted by molar-refractivity contribution is -0.132. The Bertz CT molecular complexity index is 1290. The summed E-state index contributed by atoms with van der Waals surface area (Å²) in [5.41, 5.74) is 0.214. The van der Waals surface area contributed by atoms with Gasteiger partial charge in [0.2, 0.25) is 0 Å². The van der Waals surface area contributed by atoms with Crippen LogP contribution in [-0.2, 0) is 9.59 Å². The van der Waals surface area contributed by atoms with E-state index < -0.39 is 23.5 Å². The number of benzene rings is 2. The van der Waals surface area contributed by atoms with E-state index in [1.54, 1.807) is 30.3 Å². The number of halogens is 1. The molecule has 1 N–H and O–H groups in total. The van der Waals surface area contributed by atoms with Gasteiger partial charge in [-0.05, 0) is 18.2 Å². The second-order valence-electron chi connectivity index (χ2n) is 7.44. The Balaban J connectivity index is 1.97. The molecular formula is C25H22ClNO8. The lowest BCUT2D eigenvalue weighted by Gasteiger charge is -2.24. The molecule has 3 aromatic rings. The number of amides is 1. The molecule has 1 aliphatic heterocycles. The van der Waals surface area contributed by atoms with Crippen molar-refractivity contribution in [1.29, 1.82) is 0 Å². The van der Waals surface area contributed by atoms with Gasteiger partial charge in [-0.15, -0.1) is 0 Å². The molecule has 0 aliphatic carbocycles. The summed E-state index contributed by atoms with van der Waals surface area (Å²) in [6.07, 6.45) is 1.41. The quantitative estimate of drug-likeness (QED) is 0.285. The normalized spacial score (nSPS) is 16.9. The van der Waals surface area contributed by atoms with Gasteiger partial charge in [0.25, 0.3) is 11.7 Å². The van der Waals surface area contributed by atoms with Crippen LogP contribution in [0.25, 0.3) is 5.76 Å². The molecule has 2 heterocycles. The van der Waals surface area contributed by atoms with E-state index in [1.165, 1.54) is 51.7 Å². The van der Waals surface area contributed by atoms with Crippen molar-refractivity contribution in [3.8, 4) is 23.0 Å². The summed E-state index contributed by atoms with van der Waals surface area (Å²) < 4.78 is 26.8. The van der Waals surface area contributed by atoms with E-state index in [4.69, 9.17) is 35.0 Å². The zero-order chi connectivity index (χ0) is 25.3. The van der Waals surface area contributed by atoms with E-state index in [0.29, 0.717) is 22.9 Å². The number of carbonyl (C=O) groups is 2. The van der Waals surface area contributed by atoms with Gasteiger partial charge in [0.05, 0.1) is 56.5 Å². The minimum Gasteiger partial charge on any atom is -0.507 e. The van der Waals surface area contributed by atoms with Crippen LogP contribution in [0, 0.1) is 0 Å². The standard InChI is InChI=1S/C25H22ClNO8/c1-31-14-8-13(9-15(10-14)32-2)27-22(18-6-5-7-35-18)21(24(29)25(27)30)23(28)16-11-17(26)20(34-4)12-19(16)33-3/h5-12,22,28H,1-4H3/b23-21-.